The molecule has 0 aromatic heterocycles. The number of hydrogen-bond donors (Lipinski definition) is 0. The van der Waals surface area contributed by atoms with E-state index in [2.05, 4.69) is 6.58 Å². The van der Waals surface area contributed by atoms with Crippen LogP contribution in [-0.2, 0) is 0 Å². The van der Waals surface area contributed by atoms with Crippen LogP contribution in [0.4, 0.5) is 0 Å². The summed E-state index contributed by atoms with van der Waals surface area (Å²) >= 11 is 0. The molecule has 0 atom stereocenters. The lowest BCUT2D eigenvalue weighted by Gasteiger charge is -2.10. The van der Waals surface area contributed by atoms with Crippen molar-refractivity contribution < 1.29 is 9.47 Å². The summed E-state index contributed by atoms with van der Waals surface area (Å²) in [5, 5.41) is 0. The van der Waals surface area contributed by atoms with Gasteiger partial charge in [0, 0.05) is 5.56 Å². The second-order valence-electron chi connectivity index (χ2n) is 3.20. The van der Waals surface area contributed by atoms with E-state index in [0.29, 0.717) is 0 Å². The number of hydrogen-bond acceptors (Lipinski definition) is 2. The fourth-order valence-electron chi connectivity index (χ4n) is 1.22. The van der Waals surface area contributed by atoms with Gasteiger partial charge in [-0.05, 0) is 38.5 Å². The van der Waals surface area contributed by atoms with Crippen LogP contribution >= 0.6 is 0 Å². The van der Waals surface area contributed by atoms with Gasteiger partial charge in [-0.1, -0.05) is 6.08 Å². The Bertz CT molecular complexity index is 291. The molecule has 0 heterocycles. The summed E-state index contributed by atoms with van der Waals surface area (Å²) in [5.41, 5.74) is 2.19. The van der Waals surface area contributed by atoms with Gasteiger partial charge in [0.05, 0.1) is 14.2 Å². The molecule has 0 amide bonds. The van der Waals surface area contributed by atoms with Crippen LogP contribution in [0, 0.1) is 13.8 Å². The lowest BCUT2D eigenvalue weighted by Crippen LogP contribution is -1.93. The standard InChI is InChI=1S/C10H14O2.C3H6/c1-7-5-9(11-3)8(2)10(6-7)12-4;1-3-2/h5-6H,1-4H3;3H,1H2,2H3. The molecular weight excluding hydrogens is 188 g/mol. The van der Waals surface area contributed by atoms with Crippen molar-refractivity contribution in [1.29, 1.82) is 0 Å². The minimum Gasteiger partial charge on any atom is -0.496 e. The molecule has 2 heteroatoms. The van der Waals surface area contributed by atoms with Crippen molar-refractivity contribution in [3.8, 4) is 11.5 Å². The zero-order chi connectivity index (χ0) is 11.8. The number of aryl methyl sites for hydroxylation is 1. The Balaban J connectivity index is 0.000000583. The minimum atomic E-state index is 0.881. The van der Waals surface area contributed by atoms with Gasteiger partial charge in [0.2, 0.25) is 0 Å². The van der Waals surface area contributed by atoms with Gasteiger partial charge in [0.1, 0.15) is 11.5 Å². The third-order valence-corrected chi connectivity index (χ3v) is 1.90. The van der Waals surface area contributed by atoms with Crippen molar-refractivity contribution in [3.63, 3.8) is 0 Å². The van der Waals surface area contributed by atoms with E-state index >= 15 is 0 Å². The molecule has 0 aliphatic rings. The van der Waals surface area contributed by atoms with E-state index < -0.39 is 0 Å². The highest BCUT2D eigenvalue weighted by molar-refractivity contribution is 5.46. The van der Waals surface area contributed by atoms with Crippen molar-refractivity contribution in [3.05, 3.63) is 35.9 Å². The first kappa shape index (κ1) is 13.6. The Morgan fingerprint density at radius 1 is 1.07 bits per heavy atom. The fourth-order valence-corrected chi connectivity index (χ4v) is 1.22. The first-order valence-electron chi connectivity index (χ1n) is 4.87. The van der Waals surface area contributed by atoms with Crippen LogP contribution in [-0.4, -0.2) is 14.2 Å². The molecule has 0 aliphatic carbocycles. The molecule has 84 valence electrons. The second-order valence-corrected chi connectivity index (χ2v) is 3.20. The van der Waals surface area contributed by atoms with Crippen LogP contribution < -0.4 is 9.47 Å². The van der Waals surface area contributed by atoms with E-state index in [1.807, 2.05) is 32.9 Å². The highest BCUT2D eigenvalue weighted by Crippen LogP contribution is 2.28. The predicted molar refractivity (Wildman–Crippen MR) is 64.9 cm³/mol. The largest absolute Gasteiger partial charge is 0.496 e. The number of benzene rings is 1. The van der Waals surface area contributed by atoms with Crippen LogP contribution in [0.15, 0.2) is 24.8 Å². The second kappa shape index (κ2) is 6.93. The van der Waals surface area contributed by atoms with Crippen molar-refractivity contribution >= 4 is 0 Å². The Hall–Kier alpha value is -1.44. The van der Waals surface area contributed by atoms with Gasteiger partial charge in [0.15, 0.2) is 0 Å². The SMILES string of the molecule is C=CC.COc1cc(C)cc(OC)c1C. The van der Waals surface area contributed by atoms with E-state index in [1.165, 1.54) is 0 Å². The van der Waals surface area contributed by atoms with E-state index in [1.54, 1.807) is 20.3 Å². The molecule has 0 saturated heterocycles. The first-order chi connectivity index (χ1) is 7.10. The molecule has 0 N–H and O–H groups in total. The topological polar surface area (TPSA) is 18.5 Å². The van der Waals surface area contributed by atoms with Gasteiger partial charge in [-0.15, -0.1) is 6.58 Å². The maximum atomic E-state index is 5.19. The van der Waals surface area contributed by atoms with Crippen molar-refractivity contribution in [2.45, 2.75) is 20.8 Å². The molecule has 0 bridgehead atoms. The highest BCUT2D eigenvalue weighted by Gasteiger charge is 2.05. The molecule has 0 unspecified atom stereocenters. The van der Waals surface area contributed by atoms with E-state index in [4.69, 9.17) is 9.47 Å². The van der Waals surface area contributed by atoms with E-state index in [-0.39, 0.29) is 0 Å². The average Bonchev–Trinajstić information content (AvgIpc) is 2.22. The summed E-state index contributed by atoms with van der Waals surface area (Å²) in [4.78, 5) is 0. The Morgan fingerprint density at radius 3 is 1.67 bits per heavy atom. The van der Waals surface area contributed by atoms with E-state index in [9.17, 15) is 0 Å². The first-order valence-corrected chi connectivity index (χ1v) is 4.87. The smallest absolute Gasteiger partial charge is 0.125 e. The molecule has 1 rings (SSSR count). The summed E-state index contributed by atoms with van der Waals surface area (Å²) in [5.74, 6) is 1.76. The van der Waals surface area contributed by atoms with Crippen LogP contribution in [0.2, 0.25) is 0 Å². The average molecular weight is 208 g/mol. The molecule has 0 spiro atoms. The monoisotopic (exact) mass is 208 g/mol. The molecule has 0 fully saturated rings. The number of ether oxygens (including phenoxy) is 2. The fraction of sp³-hybridized carbons (Fsp3) is 0.385. The summed E-state index contributed by atoms with van der Waals surface area (Å²) < 4.78 is 10.4. The van der Waals surface area contributed by atoms with Gasteiger partial charge in [-0.3, -0.25) is 0 Å². The number of allylic oxidation sites excluding steroid dienone is 1. The molecule has 1 aromatic carbocycles. The molecule has 2 nitrogen and oxygen atoms in total. The maximum Gasteiger partial charge on any atom is 0.125 e. The van der Waals surface area contributed by atoms with Gasteiger partial charge in [-0.25, -0.2) is 0 Å². The van der Waals surface area contributed by atoms with Crippen molar-refractivity contribution in [2.24, 2.45) is 0 Å². The van der Waals surface area contributed by atoms with Crippen molar-refractivity contribution in [2.75, 3.05) is 14.2 Å². The van der Waals surface area contributed by atoms with Gasteiger partial charge >= 0.3 is 0 Å². The third kappa shape index (κ3) is 4.07. The zero-order valence-electron chi connectivity index (χ0n) is 10.3. The Morgan fingerprint density at radius 2 is 1.40 bits per heavy atom. The lowest BCUT2D eigenvalue weighted by molar-refractivity contribution is 0.388. The summed E-state index contributed by atoms with van der Waals surface area (Å²) in [6, 6.07) is 4.00. The molecule has 0 radical (unpaired) electrons. The van der Waals surface area contributed by atoms with Crippen molar-refractivity contribution in [1.82, 2.24) is 0 Å². The predicted octanol–water partition coefficient (Wildman–Crippen LogP) is 3.51. The lowest BCUT2D eigenvalue weighted by atomic mass is 10.1. The minimum absolute atomic E-state index is 0.881. The van der Waals surface area contributed by atoms with Gasteiger partial charge < -0.3 is 9.47 Å². The molecule has 15 heavy (non-hydrogen) atoms. The van der Waals surface area contributed by atoms with Crippen LogP contribution in [0.3, 0.4) is 0 Å². The zero-order valence-corrected chi connectivity index (χ0v) is 10.3. The highest BCUT2D eigenvalue weighted by atomic mass is 16.5. The van der Waals surface area contributed by atoms with E-state index in [0.717, 1.165) is 22.6 Å². The van der Waals surface area contributed by atoms with Gasteiger partial charge in [-0.2, -0.15) is 0 Å². The summed E-state index contributed by atoms with van der Waals surface area (Å²) in [6.07, 6.45) is 1.75. The van der Waals surface area contributed by atoms with Crippen LogP contribution in [0.25, 0.3) is 0 Å². The molecule has 1 aromatic rings. The third-order valence-electron chi connectivity index (χ3n) is 1.90. The normalized spacial score (nSPS) is 8.60. The Labute approximate surface area is 92.5 Å². The number of rotatable bonds is 2. The summed E-state index contributed by atoms with van der Waals surface area (Å²) in [7, 11) is 3.34. The molecule has 0 aliphatic heterocycles. The quantitative estimate of drug-likeness (QED) is 0.692. The summed E-state index contributed by atoms with van der Waals surface area (Å²) in [6.45, 7) is 9.25. The van der Waals surface area contributed by atoms with Crippen LogP contribution in [0.5, 0.6) is 11.5 Å². The maximum absolute atomic E-state index is 5.19. The molecular formula is C13H20O2. The van der Waals surface area contributed by atoms with Crippen LogP contribution in [0.1, 0.15) is 18.1 Å². The molecule has 0 saturated carbocycles. The van der Waals surface area contributed by atoms with Gasteiger partial charge in [0.25, 0.3) is 0 Å². The number of methoxy groups -OCH3 is 2. The Kier molecular flexibility index (Phi) is 6.27.